The van der Waals surface area contributed by atoms with Crippen LogP contribution in [0.15, 0.2) is 91.8 Å². The summed E-state index contributed by atoms with van der Waals surface area (Å²) in [5, 5.41) is 9.35. The van der Waals surface area contributed by atoms with E-state index in [-0.39, 0.29) is 11.1 Å². The predicted octanol–water partition coefficient (Wildman–Crippen LogP) is 1.74. The van der Waals surface area contributed by atoms with Crippen molar-refractivity contribution in [2.45, 2.75) is 0 Å². The third-order valence-electron chi connectivity index (χ3n) is 3.82. The number of nitrogens with zero attached hydrogens (tertiary/aromatic N) is 2. The molecule has 0 saturated heterocycles. The van der Waals surface area contributed by atoms with E-state index in [1.54, 1.807) is 36.4 Å². The molecular formula is C20H14N4O4. The monoisotopic (exact) mass is 374 g/mol. The zero-order valence-corrected chi connectivity index (χ0v) is 14.5. The number of para-hydroxylation sites is 2. The fourth-order valence-corrected chi connectivity index (χ4v) is 2.47. The molecule has 0 fully saturated rings. The molecule has 0 aliphatic carbocycles. The van der Waals surface area contributed by atoms with E-state index in [1.807, 2.05) is 36.4 Å². The van der Waals surface area contributed by atoms with E-state index in [0.717, 1.165) is 10.8 Å². The van der Waals surface area contributed by atoms with E-state index in [2.05, 4.69) is 21.1 Å². The quantitative estimate of drug-likeness (QED) is 0.411. The third kappa shape index (κ3) is 3.80. The molecule has 4 aromatic rings. The summed E-state index contributed by atoms with van der Waals surface area (Å²) in [6, 6.07) is 21.5. The Bertz CT molecular complexity index is 1220. The van der Waals surface area contributed by atoms with Crippen molar-refractivity contribution in [3.8, 4) is 0 Å². The summed E-state index contributed by atoms with van der Waals surface area (Å²) in [5.41, 5.74) is 5.76. The largest absolute Gasteiger partial charge is 0.437 e. The zero-order chi connectivity index (χ0) is 19.3. The SMILES string of the molecule is O=C(N/N=c1/ccc2ccccc2o1)C(=O)N/N=c1/ccc2ccccc2o1. The molecule has 2 aromatic carbocycles. The minimum Gasteiger partial charge on any atom is -0.437 e. The Labute approximate surface area is 157 Å². The van der Waals surface area contributed by atoms with Gasteiger partial charge >= 0.3 is 11.8 Å². The molecule has 0 aliphatic rings. The van der Waals surface area contributed by atoms with E-state index in [9.17, 15) is 9.59 Å². The van der Waals surface area contributed by atoms with Crippen LogP contribution in [-0.2, 0) is 9.59 Å². The fraction of sp³-hybridized carbons (Fsp3) is 0. The third-order valence-corrected chi connectivity index (χ3v) is 3.82. The highest BCUT2D eigenvalue weighted by molar-refractivity contribution is 6.34. The van der Waals surface area contributed by atoms with Crippen LogP contribution >= 0.6 is 0 Å². The Morgan fingerprint density at radius 1 is 0.607 bits per heavy atom. The fourth-order valence-electron chi connectivity index (χ4n) is 2.47. The van der Waals surface area contributed by atoms with Crippen molar-refractivity contribution in [2.75, 3.05) is 0 Å². The number of hydrogen-bond donors (Lipinski definition) is 2. The molecule has 4 rings (SSSR count). The van der Waals surface area contributed by atoms with Gasteiger partial charge in [0.05, 0.1) is 0 Å². The number of carbonyl (C=O) groups excluding carboxylic acids is 2. The first-order valence-corrected chi connectivity index (χ1v) is 8.35. The molecule has 0 radical (unpaired) electrons. The van der Waals surface area contributed by atoms with Crippen molar-refractivity contribution in [2.24, 2.45) is 10.2 Å². The second kappa shape index (κ2) is 7.58. The average Bonchev–Trinajstić information content (AvgIpc) is 2.75. The van der Waals surface area contributed by atoms with E-state index < -0.39 is 11.8 Å². The van der Waals surface area contributed by atoms with Gasteiger partial charge in [0, 0.05) is 22.9 Å². The number of carbonyl (C=O) groups is 2. The highest BCUT2D eigenvalue weighted by Gasteiger charge is 2.11. The minimum absolute atomic E-state index is 0.154. The van der Waals surface area contributed by atoms with Crippen molar-refractivity contribution in [1.29, 1.82) is 0 Å². The van der Waals surface area contributed by atoms with E-state index in [1.165, 1.54) is 0 Å². The van der Waals surface area contributed by atoms with Crippen LogP contribution in [0.25, 0.3) is 21.9 Å². The Balaban J connectivity index is 1.45. The lowest BCUT2D eigenvalue weighted by atomic mass is 10.2. The van der Waals surface area contributed by atoms with Gasteiger partial charge in [-0.05, 0) is 24.3 Å². The highest BCUT2D eigenvalue weighted by Crippen LogP contribution is 2.10. The van der Waals surface area contributed by atoms with Gasteiger partial charge in [-0.3, -0.25) is 9.59 Å². The van der Waals surface area contributed by atoms with Crippen molar-refractivity contribution in [3.05, 3.63) is 83.9 Å². The Morgan fingerprint density at radius 2 is 1.04 bits per heavy atom. The molecule has 2 N–H and O–H groups in total. The molecular weight excluding hydrogens is 360 g/mol. The number of benzene rings is 2. The maximum atomic E-state index is 11.9. The smallest absolute Gasteiger partial charge is 0.331 e. The number of rotatable bonds is 2. The molecule has 2 aromatic heterocycles. The summed E-state index contributed by atoms with van der Waals surface area (Å²) in [6.45, 7) is 0. The van der Waals surface area contributed by atoms with Gasteiger partial charge in [0.25, 0.3) is 0 Å². The lowest BCUT2D eigenvalue weighted by Gasteiger charge is -1.99. The van der Waals surface area contributed by atoms with Crippen molar-refractivity contribution >= 4 is 33.8 Å². The maximum absolute atomic E-state index is 11.9. The van der Waals surface area contributed by atoms with Crippen LogP contribution in [-0.4, -0.2) is 11.8 Å². The number of nitrogens with one attached hydrogen (secondary N) is 2. The van der Waals surface area contributed by atoms with Gasteiger partial charge < -0.3 is 8.83 Å². The molecule has 0 aliphatic heterocycles. The first kappa shape index (κ1) is 17.2. The molecule has 28 heavy (non-hydrogen) atoms. The van der Waals surface area contributed by atoms with E-state index in [0.29, 0.717) is 11.2 Å². The number of fused-ring (bicyclic) bond motifs is 2. The van der Waals surface area contributed by atoms with Gasteiger partial charge in [-0.2, -0.15) is 0 Å². The van der Waals surface area contributed by atoms with Gasteiger partial charge in [0.1, 0.15) is 11.2 Å². The summed E-state index contributed by atoms with van der Waals surface area (Å²) in [5.74, 6) is -1.99. The Morgan fingerprint density at radius 3 is 1.50 bits per heavy atom. The molecule has 0 unspecified atom stereocenters. The van der Waals surface area contributed by atoms with E-state index >= 15 is 0 Å². The normalized spacial score (nSPS) is 12.3. The van der Waals surface area contributed by atoms with Gasteiger partial charge in [0.15, 0.2) is 0 Å². The van der Waals surface area contributed by atoms with Crippen LogP contribution < -0.4 is 22.0 Å². The summed E-state index contributed by atoms with van der Waals surface area (Å²) in [4.78, 5) is 23.7. The lowest BCUT2D eigenvalue weighted by Crippen LogP contribution is -2.37. The van der Waals surface area contributed by atoms with Crippen molar-refractivity contribution < 1.29 is 18.4 Å². The van der Waals surface area contributed by atoms with Crippen LogP contribution in [0.1, 0.15) is 0 Å². The number of amides is 2. The number of hydrogen-bond acceptors (Lipinski definition) is 6. The van der Waals surface area contributed by atoms with Gasteiger partial charge in [-0.15, -0.1) is 10.2 Å². The van der Waals surface area contributed by atoms with Crippen LogP contribution in [0.4, 0.5) is 0 Å². The zero-order valence-electron chi connectivity index (χ0n) is 14.5. The predicted molar refractivity (Wildman–Crippen MR) is 99.8 cm³/mol. The summed E-state index contributed by atoms with van der Waals surface area (Å²) < 4.78 is 11.0. The highest BCUT2D eigenvalue weighted by atomic mass is 16.3. The molecule has 0 saturated carbocycles. The molecule has 8 heteroatoms. The second-order valence-corrected chi connectivity index (χ2v) is 5.73. The maximum Gasteiger partial charge on any atom is 0.331 e. The topological polar surface area (TPSA) is 109 Å². The first-order chi connectivity index (χ1) is 13.7. The van der Waals surface area contributed by atoms with Gasteiger partial charge in [0.2, 0.25) is 11.1 Å². The lowest BCUT2D eigenvalue weighted by molar-refractivity contribution is -0.139. The van der Waals surface area contributed by atoms with Gasteiger partial charge in [-0.25, -0.2) is 10.9 Å². The Kier molecular flexibility index (Phi) is 4.67. The molecule has 0 atom stereocenters. The molecule has 0 spiro atoms. The molecule has 2 heterocycles. The van der Waals surface area contributed by atoms with Crippen molar-refractivity contribution in [1.82, 2.24) is 10.9 Å². The van der Waals surface area contributed by atoms with Crippen molar-refractivity contribution in [3.63, 3.8) is 0 Å². The van der Waals surface area contributed by atoms with Crippen LogP contribution in [0.2, 0.25) is 0 Å². The first-order valence-electron chi connectivity index (χ1n) is 8.35. The molecule has 0 bridgehead atoms. The van der Waals surface area contributed by atoms with Gasteiger partial charge in [-0.1, -0.05) is 36.4 Å². The van der Waals surface area contributed by atoms with Crippen LogP contribution in [0.5, 0.6) is 0 Å². The second-order valence-electron chi connectivity index (χ2n) is 5.73. The average molecular weight is 374 g/mol. The Hall–Kier alpha value is -4.20. The summed E-state index contributed by atoms with van der Waals surface area (Å²) >= 11 is 0. The molecule has 8 nitrogen and oxygen atoms in total. The summed E-state index contributed by atoms with van der Waals surface area (Å²) in [6.07, 6.45) is 0. The van der Waals surface area contributed by atoms with Crippen LogP contribution in [0.3, 0.4) is 0 Å². The van der Waals surface area contributed by atoms with Crippen LogP contribution in [0, 0.1) is 0 Å². The standard InChI is InChI=1S/C20H14N4O4/c25-19(23-21-17-11-9-13-5-1-3-7-15(13)27-17)20(26)24-22-18-12-10-14-6-2-4-8-16(14)28-18/h1-12H,(H,23,25)(H,24,26)/b21-17-,22-18-. The molecule has 2 amide bonds. The summed E-state index contributed by atoms with van der Waals surface area (Å²) in [7, 11) is 0. The van der Waals surface area contributed by atoms with E-state index in [4.69, 9.17) is 8.83 Å². The molecule has 138 valence electrons. The minimum atomic E-state index is -0.993.